The van der Waals surface area contributed by atoms with Gasteiger partial charge in [0.25, 0.3) is 0 Å². The van der Waals surface area contributed by atoms with Gasteiger partial charge in [0, 0.05) is 15.5 Å². The van der Waals surface area contributed by atoms with Crippen molar-refractivity contribution in [3.63, 3.8) is 0 Å². The van der Waals surface area contributed by atoms with Crippen molar-refractivity contribution in [2.45, 2.75) is 51.5 Å². The van der Waals surface area contributed by atoms with Gasteiger partial charge in [0.05, 0.1) is 0 Å². The van der Waals surface area contributed by atoms with Crippen LogP contribution in [0.15, 0.2) is 22.7 Å². The van der Waals surface area contributed by atoms with E-state index in [1.165, 1.54) is 37.7 Å². The Bertz CT molecular complexity index is 438. The Hall–Kier alpha value is -0.0900. The average molecular weight is 360 g/mol. The number of hydrogen-bond acceptors (Lipinski definition) is 2. The molecule has 0 spiro atoms. The third-order valence-electron chi connectivity index (χ3n) is 4.64. The fourth-order valence-corrected chi connectivity index (χ4v) is 4.11. The molecule has 3 unspecified atom stereocenters. The number of hydrogen-bond donors (Lipinski definition) is 2. The highest BCUT2D eigenvalue weighted by atomic mass is 79.9. The standard InChI is InChI=1S/C16H24BrClN2/c1-2-11-4-3-5-13(8-11)16(20-19)9-12-6-7-14(17)10-15(12)18/h6-7,10-11,13,16,20H,2-5,8-9,19H2,1H3. The predicted molar refractivity (Wildman–Crippen MR) is 89.7 cm³/mol. The Balaban J connectivity index is 2.04. The van der Waals surface area contributed by atoms with Crippen molar-refractivity contribution in [2.75, 3.05) is 0 Å². The number of hydrazine groups is 1. The first-order valence-electron chi connectivity index (χ1n) is 7.54. The number of rotatable bonds is 5. The van der Waals surface area contributed by atoms with E-state index in [2.05, 4.69) is 34.3 Å². The van der Waals surface area contributed by atoms with Crippen molar-refractivity contribution in [3.8, 4) is 0 Å². The molecule has 3 atom stereocenters. The molecule has 1 aromatic carbocycles. The van der Waals surface area contributed by atoms with Crippen LogP contribution in [0.1, 0.15) is 44.6 Å². The molecule has 0 aliphatic heterocycles. The molecule has 3 N–H and O–H groups in total. The van der Waals surface area contributed by atoms with Crippen molar-refractivity contribution in [2.24, 2.45) is 17.7 Å². The summed E-state index contributed by atoms with van der Waals surface area (Å²) in [5.41, 5.74) is 4.21. The number of nitrogens with one attached hydrogen (secondary N) is 1. The minimum atomic E-state index is 0.322. The van der Waals surface area contributed by atoms with Gasteiger partial charge in [-0.3, -0.25) is 11.3 Å². The molecule has 0 amide bonds. The second-order valence-corrected chi connectivity index (χ2v) is 7.24. The third-order valence-corrected chi connectivity index (χ3v) is 5.48. The zero-order valence-corrected chi connectivity index (χ0v) is 14.4. The van der Waals surface area contributed by atoms with E-state index in [-0.39, 0.29) is 0 Å². The molecule has 0 radical (unpaired) electrons. The van der Waals surface area contributed by atoms with Gasteiger partial charge in [-0.1, -0.05) is 59.8 Å². The molecule has 1 aliphatic rings. The average Bonchev–Trinajstić information content (AvgIpc) is 2.46. The summed E-state index contributed by atoms with van der Waals surface area (Å²) in [6.45, 7) is 2.30. The van der Waals surface area contributed by atoms with Crippen LogP contribution in [-0.2, 0) is 6.42 Å². The summed E-state index contributed by atoms with van der Waals surface area (Å²) in [4.78, 5) is 0. The van der Waals surface area contributed by atoms with Gasteiger partial charge in [0.15, 0.2) is 0 Å². The van der Waals surface area contributed by atoms with Gasteiger partial charge in [-0.15, -0.1) is 0 Å². The molecule has 0 aromatic heterocycles. The number of halogens is 2. The zero-order valence-electron chi connectivity index (χ0n) is 12.0. The lowest BCUT2D eigenvalue weighted by atomic mass is 9.75. The Morgan fingerprint density at radius 2 is 2.25 bits per heavy atom. The van der Waals surface area contributed by atoms with Gasteiger partial charge >= 0.3 is 0 Å². The molecule has 4 heteroatoms. The molecule has 1 saturated carbocycles. The molecule has 1 fully saturated rings. The Kier molecular flexibility index (Phi) is 6.34. The van der Waals surface area contributed by atoms with Crippen LogP contribution >= 0.6 is 27.5 Å². The second-order valence-electron chi connectivity index (χ2n) is 5.91. The molecule has 0 heterocycles. The minimum Gasteiger partial charge on any atom is -0.271 e. The molecule has 112 valence electrons. The quantitative estimate of drug-likeness (QED) is 0.591. The van der Waals surface area contributed by atoms with E-state index in [9.17, 15) is 0 Å². The fourth-order valence-electron chi connectivity index (χ4n) is 3.35. The number of nitrogens with two attached hydrogens (primary N) is 1. The highest BCUT2D eigenvalue weighted by Gasteiger charge is 2.27. The van der Waals surface area contributed by atoms with E-state index in [4.69, 9.17) is 17.4 Å². The summed E-state index contributed by atoms with van der Waals surface area (Å²) < 4.78 is 1.02. The lowest BCUT2D eigenvalue weighted by Crippen LogP contribution is -2.44. The first-order valence-corrected chi connectivity index (χ1v) is 8.71. The maximum absolute atomic E-state index is 6.33. The largest absolute Gasteiger partial charge is 0.271 e. The molecule has 0 bridgehead atoms. The Morgan fingerprint density at radius 3 is 2.90 bits per heavy atom. The molecule has 2 rings (SSSR count). The Morgan fingerprint density at radius 1 is 1.45 bits per heavy atom. The monoisotopic (exact) mass is 358 g/mol. The van der Waals surface area contributed by atoms with E-state index in [0.717, 1.165) is 21.8 Å². The molecule has 1 aromatic rings. The van der Waals surface area contributed by atoms with Crippen molar-refractivity contribution in [1.29, 1.82) is 0 Å². The highest BCUT2D eigenvalue weighted by molar-refractivity contribution is 9.10. The van der Waals surface area contributed by atoms with Crippen LogP contribution in [0, 0.1) is 11.8 Å². The van der Waals surface area contributed by atoms with Crippen LogP contribution in [0.2, 0.25) is 5.02 Å². The maximum Gasteiger partial charge on any atom is 0.0449 e. The third kappa shape index (κ3) is 4.20. The van der Waals surface area contributed by atoms with E-state index in [1.54, 1.807) is 0 Å². The van der Waals surface area contributed by atoms with Gasteiger partial charge < -0.3 is 0 Å². The number of benzene rings is 1. The summed E-state index contributed by atoms with van der Waals surface area (Å²) in [5, 5.41) is 0.822. The lowest BCUT2D eigenvalue weighted by molar-refractivity contribution is 0.208. The molecular formula is C16H24BrClN2. The fraction of sp³-hybridized carbons (Fsp3) is 0.625. The van der Waals surface area contributed by atoms with Crippen LogP contribution in [0.25, 0.3) is 0 Å². The summed E-state index contributed by atoms with van der Waals surface area (Å²) in [6.07, 6.45) is 7.47. The molecule has 0 saturated heterocycles. The van der Waals surface area contributed by atoms with Gasteiger partial charge in [-0.2, -0.15) is 0 Å². The SMILES string of the molecule is CCC1CCCC(C(Cc2ccc(Br)cc2Cl)NN)C1. The predicted octanol–water partition coefficient (Wildman–Crippen LogP) is 4.69. The maximum atomic E-state index is 6.33. The van der Waals surface area contributed by atoms with Gasteiger partial charge in [-0.05, 0) is 48.8 Å². The van der Waals surface area contributed by atoms with E-state index in [0.29, 0.717) is 12.0 Å². The topological polar surface area (TPSA) is 38.0 Å². The summed E-state index contributed by atoms with van der Waals surface area (Å²) >= 11 is 9.78. The van der Waals surface area contributed by atoms with E-state index in [1.807, 2.05) is 12.1 Å². The van der Waals surface area contributed by atoms with Crippen molar-refractivity contribution < 1.29 is 0 Å². The van der Waals surface area contributed by atoms with Gasteiger partial charge in [0.2, 0.25) is 0 Å². The van der Waals surface area contributed by atoms with Crippen LogP contribution in [0.5, 0.6) is 0 Å². The highest BCUT2D eigenvalue weighted by Crippen LogP contribution is 2.34. The smallest absolute Gasteiger partial charge is 0.0449 e. The minimum absolute atomic E-state index is 0.322. The molecule has 2 nitrogen and oxygen atoms in total. The lowest BCUT2D eigenvalue weighted by Gasteiger charge is -2.34. The van der Waals surface area contributed by atoms with Crippen LogP contribution < -0.4 is 11.3 Å². The molecule has 1 aliphatic carbocycles. The van der Waals surface area contributed by atoms with Gasteiger partial charge in [0.1, 0.15) is 0 Å². The van der Waals surface area contributed by atoms with E-state index < -0.39 is 0 Å². The molecule has 20 heavy (non-hydrogen) atoms. The summed E-state index contributed by atoms with van der Waals surface area (Å²) in [6, 6.07) is 6.42. The van der Waals surface area contributed by atoms with Gasteiger partial charge in [-0.25, -0.2) is 0 Å². The van der Waals surface area contributed by atoms with Crippen molar-refractivity contribution in [3.05, 3.63) is 33.3 Å². The van der Waals surface area contributed by atoms with Crippen LogP contribution in [0.4, 0.5) is 0 Å². The Labute approximate surface area is 135 Å². The van der Waals surface area contributed by atoms with Crippen molar-refractivity contribution in [1.82, 2.24) is 5.43 Å². The second kappa shape index (κ2) is 7.79. The van der Waals surface area contributed by atoms with Crippen LogP contribution in [-0.4, -0.2) is 6.04 Å². The normalized spacial score (nSPS) is 24.6. The van der Waals surface area contributed by atoms with Crippen LogP contribution in [0.3, 0.4) is 0 Å². The molecular weight excluding hydrogens is 336 g/mol. The summed E-state index contributed by atoms with van der Waals surface area (Å²) in [7, 11) is 0. The first-order chi connectivity index (χ1) is 9.63. The summed E-state index contributed by atoms with van der Waals surface area (Å²) in [5.74, 6) is 7.35. The van der Waals surface area contributed by atoms with E-state index >= 15 is 0 Å². The first kappa shape index (κ1) is 16.3. The van der Waals surface area contributed by atoms with Crippen molar-refractivity contribution >= 4 is 27.5 Å². The zero-order chi connectivity index (χ0) is 14.5.